The molecule has 0 aliphatic heterocycles. The summed E-state index contributed by atoms with van der Waals surface area (Å²) in [6.07, 6.45) is 6.25. The summed E-state index contributed by atoms with van der Waals surface area (Å²) in [5.74, 6) is -0.753. The number of amides is 1. The van der Waals surface area contributed by atoms with Crippen molar-refractivity contribution in [3.63, 3.8) is 0 Å². The Morgan fingerprint density at radius 1 is 1.26 bits per heavy atom. The molecule has 0 bridgehead atoms. The van der Waals surface area contributed by atoms with Gasteiger partial charge in [-0.3, -0.25) is 9.48 Å². The molecule has 1 amide bonds. The zero-order chi connectivity index (χ0) is 24.4. The summed E-state index contributed by atoms with van der Waals surface area (Å²) in [5, 5.41) is 17.9. The van der Waals surface area contributed by atoms with Crippen LogP contribution in [0.2, 0.25) is 0 Å². The second-order valence-electron chi connectivity index (χ2n) is 8.76. The topological polar surface area (TPSA) is 87.7 Å². The Labute approximate surface area is 198 Å². The smallest absolute Gasteiger partial charge is 0.257 e. The zero-order valence-corrected chi connectivity index (χ0v) is 20.0. The van der Waals surface area contributed by atoms with E-state index in [1.807, 2.05) is 30.8 Å². The fourth-order valence-electron chi connectivity index (χ4n) is 4.22. The van der Waals surface area contributed by atoms with Crippen LogP contribution in [0.25, 0.3) is 16.6 Å². The predicted molar refractivity (Wildman–Crippen MR) is 132 cm³/mol. The Bertz CT molecular complexity index is 1330. The molecule has 2 N–H and O–H groups in total. The van der Waals surface area contributed by atoms with Gasteiger partial charge in [-0.2, -0.15) is 5.10 Å². The lowest BCUT2D eigenvalue weighted by Crippen LogP contribution is -2.30. The first kappa shape index (κ1) is 23.7. The van der Waals surface area contributed by atoms with Crippen molar-refractivity contribution in [3.8, 4) is 0 Å². The van der Waals surface area contributed by atoms with E-state index in [4.69, 9.17) is 0 Å². The molecule has 4 aromatic rings. The van der Waals surface area contributed by atoms with Crippen LogP contribution < -0.4 is 10.2 Å². The second kappa shape index (κ2) is 9.80. The number of hydrogen-bond acceptors (Lipinski definition) is 5. The summed E-state index contributed by atoms with van der Waals surface area (Å²) in [4.78, 5) is 19.6. The summed E-state index contributed by atoms with van der Waals surface area (Å²) in [6, 6.07) is 4.97. The molecule has 1 aromatic carbocycles. The highest BCUT2D eigenvalue weighted by atomic mass is 19.1. The van der Waals surface area contributed by atoms with E-state index in [2.05, 4.69) is 27.2 Å². The van der Waals surface area contributed by atoms with Crippen LogP contribution in [0.3, 0.4) is 0 Å². The first-order valence-electron chi connectivity index (χ1n) is 11.7. The Morgan fingerprint density at radius 2 is 2.06 bits per heavy atom. The average Bonchev–Trinajstić information content (AvgIpc) is 3.41. The zero-order valence-electron chi connectivity index (χ0n) is 20.0. The normalized spacial score (nSPS) is 12.4. The highest BCUT2D eigenvalue weighted by Gasteiger charge is 2.20. The quantitative estimate of drug-likeness (QED) is 0.385. The molecule has 0 saturated carbocycles. The molecule has 1 atom stereocenters. The van der Waals surface area contributed by atoms with Gasteiger partial charge < -0.3 is 19.7 Å². The number of carbonyl (C=O) groups is 1. The molecule has 0 aliphatic carbocycles. The van der Waals surface area contributed by atoms with Crippen molar-refractivity contribution < 1.29 is 14.3 Å². The average molecular weight is 467 g/mol. The van der Waals surface area contributed by atoms with Gasteiger partial charge in [-0.1, -0.05) is 13.8 Å². The van der Waals surface area contributed by atoms with Crippen molar-refractivity contribution in [2.24, 2.45) is 5.92 Å². The lowest BCUT2D eigenvalue weighted by molar-refractivity contribution is 0.102. The minimum atomic E-state index is -0.505. The number of nitrogens with zero attached hydrogens (tertiary/aromatic N) is 5. The highest BCUT2D eigenvalue weighted by Crippen LogP contribution is 2.30. The van der Waals surface area contributed by atoms with Crippen molar-refractivity contribution >= 4 is 33.8 Å². The number of pyridine rings is 1. The van der Waals surface area contributed by atoms with Gasteiger partial charge in [0.1, 0.15) is 5.52 Å². The standard InChI is InChI=1S/C25H31FN6O2/c1-5-9-30(11-16(3)15-33)22-8-7-19(23-20(22)14-32(6-2)29-23)25(34)28-18-10-21(26)24-27-17(4)12-31(24)13-18/h7-8,10,12-14,16,33H,5-6,9,11,15H2,1-4H3,(H,28,34). The number of halogens is 1. The van der Waals surface area contributed by atoms with Crippen LogP contribution in [-0.4, -0.2) is 49.9 Å². The van der Waals surface area contributed by atoms with Crippen LogP contribution in [-0.2, 0) is 6.54 Å². The van der Waals surface area contributed by atoms with Crippen molar-refractivity contribution in [3.05, 3.63) is 53.9 Å². The maximum Gasteiger partial charge on any atom is 0.257 e. The van der Waals surface area contributed by atoms with Gasteiger partial charge in [-0.05, 0) is 38.3 Å². The number of anilines is 2. The number of aliphatic hydroxyl groups excluding tert-OH is 1. The third-order valence-corrected chi connectivity index (χ3v) is 5.83. The number of imidazole rings is 1. The number of fused-ring (bicyclic) bond motifs is 2. The largest absolute Gasteiger partial charge is 0.396 e. The summed E-state index contributed by atoms with van der Waals surface area (Å²) >= 11 is 0. The molecule has 3 aromatic heterocycles. The molecule has 8 nitrogen and oxygen atoms in total. The third-order valence-electron chi connectivity index (χ3n) is 5.83. The van der Waals surface area contributed by atoms with Crippen LogP contribution >= 0.6 is 0 Å². The fourth-order valence-corrected chi connectivity index (χ4v) is 4.22. The number of carbonyl (C=O) groups excluding carboxylic acids is 1. The molecule has 9 heteroatoms. The van der Waals surface area contributed by atoms with Gasteiger partial charge in [0, 0.05) is 62.0 Å². The van der Waals surface area contributed by atoms with Crippen molar-refractivity contribution in [1.82, 2.24) is 19.2 Å². The Morgan fingerprint density at radius 3 is 2.76 bits per heavy atom. The summed E-state index contributed by atoms with van der Waals surface area (Å²) < 4.78 is 17.9. The van der Waals surface area contributed by atoms with E-state index in [1.165, 1.54) is 6.07 Å². The number of hydrogen-bond donors (Lipinski definition) is 2. The minimum Gasteiger partial charge on any atom is -0.396 e. The van der Waals surface area contributed by atoms with E-state index in [0.29, 0.717) is 35.6 Å². The maximum atomic E-state index is 14.5. The second-order valence-corrected chi connectivity index (χ2v) is 8.76. The lowest BCUT2D eigenvalue weighted by Gasteiger charge is -2.27. The Balaban J connectivity index is 1.72. The van der Waals surface area contributed by atoms with E-state index in [9.17, 15) is 14.3 Å². The molecule has 0 saturated heterocycles. The molecule has 0 radical (unpaired) electrons. The SMILES string of the molecule is CCCN(CC(C)CO)c1ccc(C(=O)Nc2cc(F)c3nc(C)cn3c2)c2nn(CC)cc12. The first-order chi connectivity index (χ1) is 16.3. The van der Waals surface area contributed by atoms with E-state index < -0.39 is 5.82 Å². The van der Waals surface area contributed by atoms with Crippen molar-refractivity contribution in [2.45, 2.75) is 40.7 Å². The molecule has 180 valence electrons. The van der Waals surface area contributed by atoms with Gasteiger partial charge in [0.2, 0.25) is 0 Å². The van der Waals surface area contributed by atoms with Gasteiger partial charge in [0.15, 0.2) is 11.5 Å². The number of aromatic nitrogens is 4. The Hall–Kier alpha value is -3.46. The lowest BCUT2D eigenvalue weighted by atomic mass is 10.1. The van der Waals surface area contributed by atoms with Gasteiger partial charge >= 0.3 is 0 Å². The summed E-state index contributed by atoms with van der Waals surface area (Å²) in [7, 11) is 0. The molecular weight excluding hydrogens is 435 g/mol. The van der Waals surface area contributed by atoms with Crippen LogP contribution in [0.1, 0.15) is 43.2 Å². The van der Waals surface area contributed by atoms with Crippen LogP contribution in [0.5, 0.6) is 0 Å². The van der Waals surface area contributed by atoms with Gasteiger partial charge in [0.05, 0.1) is 16.9 Å². The van der Waals surface area contributed by atoms with Gasteiger partial charge in [-0.25, -0.2) is 9.37 Å². The Kier molecular flexibility index (Phi) is 6.83. The van der Waals surface area contributed by atoms with E-state index in [-0.39, 0.29) is 24.1 Å². The minimum absolute atomic E-state index is 0.107. The number of aliphatic hydroxyl groups is 1. The molecular formula is C25H31FN6O2. The highest BCUT2D eigenvalue weighted by molar-refractivity contribution is 6.13. The van der Waals surface area contributed by atoms with E-state index in [0.717, 1.165) is 24.0 Å². The molecule has 0 aliphatic rings. The van der Waals surface area contributed by atoms with Crippen molar-refractivity contribution in [1.29, 1.82) is 0 Å². The number of benzene rings is 1. The molecule has 34 heavy (non-hydrogen) atoms. The number of rotatable bonds is 9. The third kappa shape index (κ3) is 4.61. The maximum absolute atomic E-state index is 14.5. The molecule has 1 unspecified atom stereocenters. The van der Waals surface area contributed by atoms with Crippen LogP contribution in [0, 0.1) is 18.7 Å². The number of nitrogens with one attached hydrogen (secondary N) is 1. The monoisotopic (exact) mass is 466 g/mol. The summed E-state index contributed by atoms with van der Waals surface area (Å²) in [5.41, 5.74) is 3.24. The predicted octanol–water partition coefficient (Wildman–Crippen LogP) is 4.25. The first-order valence-corrected chi connectivity index (χ1v) is 11.7. The van der Waals surface area contributed by atoms with Crippen LogP contribution in [0.4, 0.5) is 15.8 Å². The van der Waals surface area contributed by atoms with Gasteiger partial charge in [0.25, 0.3) is 5.91 Å². The summed E-state index contributed by atoms with van der Waals surface area (Å²) in [6.45, 7) is 10.2. The van der Waals surface area contributed by atoms with E-state index >= 15 is 0 Å². The van der Waals surface area contributed by atoms with E-state index in [1.54, 1.807) is 29.8 Å². The van der Waals surface area contributed by atoms with Gasteiger partial charge in [-0.15, -0.1) is 0 Å². The molecule has 0 fully saturated rings. The number of aryl methyl sites for hydroxylation is 2. The van der Waals surface area contributed by atoms with Crippen LogP contribution in [0.15, 0.2) is 36.8 Å². The molecule has 0 spiro atoms. The molecule has 4 rings (SSSR count). The van der Waals surface area contributed by atoms with Crippen molar-refractivity contribution in [2.75, 3.05) is 29.9 Å². The fraction of sp³-hybridized carbons (Fsp3) is 0.400. The molecule has 3 heterocycles.